The molecule has 2 heterocycles. The zero-order valence-electron chi connectivity index (χ0n) is 12.9. The number of sulfonamides is 1. The highest BCUT2D eigenvalue weighted by atomic mass is 35.5. The van der Waals surface area contributed by atoms with Gasteiger partial charge in [-0.2, -0.15) is 4.31 Å². The van der Waals surface area contributed by atoms with E-state index in [0.29, 0.717) is 29.9 Å². The number of aromatic nitrogens is 2. The molecule has 0 amide bonds. The van der Waals surface area contributed by atoms with E-state index in [1.165, 1.54) is 4.31 Å². The predicted molar refractivity (Wildman–Crippen MR) is 85.6 cm³/mol. The Bertz CT molecular complexity index is 595. The van der Waals surface area contributed by atoms with Crippen LogP contribution >= 0.6 is 11.6 Å². The molecule has 0 bridgehead atoms. The highest BCUT2D eigenvalue weighted by molar-refractivity contribution is 7.89. The topological polar surface area (TPSA) is 84.4 Å². The molecule has 1 aliphatic heterocycles. The molecule has 0 spiro atoms. The molecule has 2 atom stereocenters. The van der Waals surface area contributed by atoms with Crippen molar-refractivity contribution in [1.29, 1.82) is 0 Å². The van der Waals surface area contributed by atoms with Gasteiger partial charge in [0.05, 0.1) is 18.0 Å². The van der Waals surface area contributed by atoms with Gasteiger partial charge in [-0.25, -0.2) is 18.4 Å². The predicted octanol–water partition coefficient (Wildman–Crippen LogP) is 1.29. The van der Waals surface area contributed by atoms with Gasteiger partial charge in [0.25, 0.3) is 0 Å². The molecular formula is C13H21ClN4O3S. The van der Waals surface area contributed by atoms with Crippen LogP contribution in [0.5, 0.6) is 0 Å². The molecule has 1 aromatic heterocycles. The van der Waals surface area contributed by atoms with Crippen LogP contribution in [0.3, 0.4) is 0 Å². The van der Waals surface area contributed by atoms with E-state index in [1.54, 1.807) is 13.0 Å². The van der Waals surface area contributed by atoms with Gasteiger partial charge in [0.1, 0.15) is 16.8 Å². The van der Waals surface area contributed by atoms with Crippen LogP contribution in [0.2, 0.25) is 5.15 Å². The third kappa shape index (κ3) is 4.77. The smallest absolute Gasteiger partial charge is 0.216 e. The Morgan fingerprint density at radius 1 is 1.36 bits per heavy atom. The van der Waals surface area contributed by atoms with Gasteiger partial charge < -0.3 is 10.1 Å². The van der Waals surface area contributed by atoms with Crippen molar-refractivity contribution in [2.45, 2.75) is 33.0 Å². The van der Waals surface area contributed by atoms with Crippen molar-refractivity contribution in [2.24, 2.45) is 0 Å². The molecule has 0 saturated carbocycles. The summed E-state index contributed by atoms with van der Waals surface area (Å²) in [6.45, 7) is 6.53. The van der Waals surface area contributed by atoms with Crippen molar-refractivity contribution in [3.8, 4) is 0 Å². The monoisotopic (exact) mass is 348 g/mol. The van der Waals surface area contributed by atoms with E-state index in [1.807, 2.05) is 13.8 Å². The number of nitrogens with zero attached hydrogens (tertiary/aromatic N) is 3. The molecule has 1 fully saturated rings. The molecule has 22 heavy (non-hydrogen) atoms. The van der Waals surface area contributed by atoms with Gasteiger partial charge in [0.2, 0.25) is 10.0 Å². The number of ether oxygens (including phenoxy) is 1. The average Bonchev–Trinajstić information content (AvgIpc) is 2.36. The summed E-state index contributed by atoms with van der Waals surface area (Å²) in [5, 5.41) is 3.30. The first-order valence-corrected chi connectivity index (χ1v) is 9.13. The second-order valence-electron chi connectivity index (χ2n) is 5.44. The number of halogens is 1. The molecular weight excluding hydrogens is 328 g/mol. The van der Waals surface area contributed by atoms with Crippen molar-refractivity contribution < 1.29 is 13.2 Å². The summed E-state index contributed by atoms with van der Waals surface area (Å²) in [4.78, 5) is 8.11. The number of morpholine rings is 1. The first-order valence-electron chi connectivity index (χ1n) is 7.14. The minimum Gasteiger partial charge on any atom is -0.373 e. The van der Waals surface area contributed by atoms with Gasteiger partial charge in [-0.3, -0.25) is 0 Å². The zero-order valence-corrected chi connectivity index (χ0v) is 14.5. The number of nitrogens with one attached hydrogen (secondary N) is 1. The van der Waals surface area contributed by atoms with Gasteiger partial charge in [0.15, 0.2) is 0 Å². The highest BCUT2D eigenvalue weighted by Gasteiger charge is 2.30. The average molecular weight is 349 g/mol. The molecule has 1 N–H and O–H groups in total. The molecule has 1 saturated heterocycles. The third-order valence-electron chi connectivity index (χ3n) is 3.25. The fraction of sp³-hybridized carbons (Fsp3) is 0.692. The Labute approximate surface area is 136 Å². The summed E-state index contributed by atoms with van der Waals surface area (Å²) in [7, 11) is -3.33. The number of anilines is 1. The van der Waals surface area contributed by atoms with Crippen LogP contribution in [0.1, 0.15) is 19.7 Å². The number of rotatable bonds is 5. The second-order valence-corrected chi connectivity index (χ2v) is 7.92. The van der Waals surface area contributed by atoms with Gasteiger partial charge >= 0.3 is 0 Å². The lowest BCUT2D eigenvalue weighted by atomic mass is 10.3. The molecule has 1 aliphatic rings. The Balaban J connectivity index is 1.92. The van der Waals surface area contributed by atoms with Crippen molar-refractivity contribution in [3.05, 3.63) is 17.0 Å². The van der Waals surface area contributed by atoms with Gasteiger partial charge in [-0.1, -0.05) is 11.6 Å². The van der Waals surface area contributed by atoms with Gasteiger partial charge in [0, 0.05) is 25.7 Å². The lowest BCUT2D eigenvalue weighted by molar-refractivity contribution is -0.0440. The van der Waals surface area contributed by atoms with Crippen molar-refractivity contribution in [1.82, 2.24) is 14.3 Å². The van der Waals surface area contributed by atoms with Crippen LogP contribution in [-0.4, -0.2) is 60.3 Å². The van der Waals surface area contributed by atoms with E-state index in [9.17, 15) is 8.42 Å². The van der Waals surface area contributed by atoms with Crippen LogP contribution in [0, 0.1) is 6.92 Å². The molecule has 7 nitrogen and oxygen atoms in total. The Morgan fingerprint density at radius 3 is 2.59 bits per heavy atom. The lowest BCUT2D eigenvalue weighted by Gasteiger charge is -2.34. The van der Waals surface area contributed by atoms with Crippen LogP contribution in [0.15, 0.2) is 6.07 Å². The SMILES string of the molecule is Cc1nc(Cl)cc(NCCS(=O)(=O)N2CC(C)OC(C)C2)n1. The molecule has 124 valence electrons. The second kappa shape index (κ2) is 7.08. The lowest BCUT2D eigenvalue weighted by Crippen LogP contribution is -2.49. The first-order chi connectivity index (χ1) is 10.3. The number of aryl methyl sites for hydroxylation is 1. The van der Waals surface area contributed by atoms with Gasteiger partial charge in [-0.15, -0.1) is 0 Å². The van der Waals surface area contributed by atoms with Gasteiger partial charge in [-0.05, 0) is 20.8 Å². The van der Waals surface area contributed by atoms with Crippen molar-refractivity contribution in [2.75, 3.05) is 30.7 Å². The quantitative estimate of drug-likeness (QED) is 0.807. The maximum Gasteiger partial charge on any atom is 0.216 e. The summed E-state index contributed by atoms with van der Waals surface area (Å²) in [6, 6.07) is 1.57. The summed E-state index contributed by atoms with van der Waals surface area (Å²) in [6.07, 6.45) is -0.176. The van der Waals surface area contributed by atoms with E-state index in [2.05, 4.69) is 15.3 Å². The first kappa shape index (κ1) is 17.4. The Kier molecular flexibility index (Phi) is 5.60. The van der Waals surface area contributed by atoms with E-state index >= 15 is 0 Å². The summed E-state index contributed by atoms with van der Waals surface area (Å²) >= 11 is 5.84. The largest absolute Gasteiger partial charge is 0.373 e. The van der Waals surface area contributed by atoms with E-state index < -0.39 is 10.0 Å². The third-order valence-corrected chi connectivity index (χ3v) is 5.25. The van der Waals surface area contributed by atoms with Crippen molar-refractivity contribution >= 4 is 27.4 Å². The van der Waals surface area contributed by atoms with E-state index in [0.717, 1.165) is 0 Å². The fourth-order valence-corrected chi connectivity index (χ4v) is 4.13. The maximum atomic E-state index is 12.4. The molecule has 1 aromatic rings. The Hall–Kier alpha value is -0.960. The standard InChI is InChI=1S/C13H21ClN4O3S/c1-9-7-18(8-10(2)21-9)22(19,20)5-4-15-13-6-12(14)16-11(3)17-13/h6,9-10H,4-5,7-8H2,1-3H3,(H,15,16,17). The van der Waals surface area contributed by atoms with Crippen molar-refractivity contribution in [3.63, 3.8) is 0 Å². The fourth-order valence-electron chi connectivity index (χ4n) is 2.42. The molecule has 0 aromatic carbocycles. The van der Waals surface area contributed by atoms with E-state index in [4.69, 9.17) is 16.3 Å². The normalized spacial score (nSPS) is 23.5. The minimum absolute atomic E-state index is 0.00684. The molecule has 0 aliphatic carbocycles. The maximum absolute atomic E-state index is 12.4. The minimum atomic E-state index is -3.33. The van der Waals surface area contributed by atoms with E-state index in [-0.39, 0.29) is 24.5 Å². The summed E-state index contributed by atoms with van der Waals surface area (Å²) in [5.41, 5.74) is 0. The van der Waals surface area contributed by atoms with Crippen LogP contribution in [-0.2, 0) is 14.8 Å². The van der Waals surface area contributed by atoms with Crippen LogP contribution in [0.25, 0.3) is 0 Å². The molecule has 0 radical (unpaired) electrons. The molecule has 9 heteroatoms. The summed E-state index contributed by atoms with van der Waals surface area (Å²) < 4.78 is 31.8. The highest BCUT2D eigenvalue weighted by Crippen LogP contribution is 2.15. The zero-order chi connectivity index (χ0) is 16.3. The van der Waals surface area contributed by atoms with Crippen LogP contribution < -0.4 is 5.32 Å². The molecule has 2 unspecified atom stereocenters. The molecule has 2 rings (SSSR count). The van der Waals surface area contributed by atoms with Crippen LogP contribution in [0.4, 0.5) is 5.82 Å². The Morgan fingerprint density at radius 2 is 2.00 bits per heavy atom. The number of hydrogen-bond acceptors (Lipinski definition) is 6. The summed E-state index contributed by atoms with van der Waals surface area (Å²) in [5.74, 6) is 1.05. The number of hydrogen-bond donors (Lipinski definition) is 1.